The molecule has 30 heavy (non-hydrogen) atoms. The van der Waals surface area contributed by atoms with Gasteiger partial charge in [0, 0.05) is 11.5 Å². The average Bonchev–Trinajstić information content (AvgIpc) is 2.72. The molecular formula is C23H25ClO6. The molecule has 4 rings (SSSR count). The van der Waals surface area contributed by atoms with E-state index in [-0.39, 0.29) is 18.6 Å². The Morgan fingerprint density at radius 3 is 2.73 bits per heavy atom. The van der Waals surface area contributed by atoms with Gasteiger partial charge in [0.2, 0.25) is 0 Å². The van der Waals surface area contributed by atoms with Gasteiger partial charge in [0.15, 0.2) is 0 Å². The fourth-order valence-corrected chi connectivity index (χ4v) is 4.53. The standard InChI is InChI=1S/C23H25ClO6/c1-23(2)16-11-15(22(25)26)20(12-28-19-7-5-4-6-17(19)24)29-21(16)14-10-13(27-3)8-9-18(14)30-23/h4-10,15-16,20-21H,11-12H2,1-3H3,(H,25,26)/t15-,16-,20-,21+/m0/s1. The summed E-state index contributed by atoms with van der Waals surface area (Å²) in [6.45, 7) is 4.03. The van der Waals surface area contributed by atoms with Gasteiger partial charge in [0.25, 0.3) is 0 Å². The summed E-state index contributed by atoms with van der Waals surface area (Å²) in [5, 5.41) is 10.3. The van der Waals surface area contributed by atoms with E-state index in [1.54, 1.807) is 19.2 Å². The maximum Gasteiger partial charge on any atom is 0.309 e. The smallest absolute Gasteiger partial charge is 0.309 e. The molecule has 6 nitrogen and oxygen atoms in total. The summed E-state index contributed by atoms with van der Waals surface area (Å²) in [6.07, 6.45) is -0.539. The van der Waals surface area contributed by atoms with E-state index in [0.29, 0.717) is 22.9 Å². The van der Waals surface area contributed by atoms with Crippen LogP contribution in [0, 0.1) is 11.8 Å². The van der Waals surface area contributed by atoms with Gasteiger partial charge in [-0.3, -0.25) is 4.79 Å². The van der Waals surface area contributed by atoms with E-state index in [0.717, 1.165) is 11.3 Å². The molecule has 4 atom stereocenters. The van der Waals surface area contributed by atoms with Gasteiger partial charge >= 0.3 is 5.97 Å². The zero-order chi connectivity index (χ0) is 21.5. The van der Waals surface area contributed by atoms with Crippen LogP contribution in [0.25, 0.3) is 0 Å². The van der Waals surface area contributed by atoms with Crippen molar-refractivity contribution in [3.05, 3.63) is 53.1 Å². The number of halogens is 1. The van der Waals surface area contributed by atoms with Gasteiger partial charge in [-0.1, -0.05) is 23.7 Å². The quantitative estimate of drug-likeness (QED) is 0.735. The minimum Gasteiger partial charge on any atom is -0.497 e. The van der Waals surface area contributed by atoms with Crippen LogP contribution >= 0.6 is 11.6 Å². The van der Waals surface area contributed by atoms with E-state index in [1.807, 2.05) is 44.2 Å². The second kappa shape index (κ2) is 8.00. The van der Waals surface area contributed by atoms with Crippen molar-refractivity contribution in [3.8, 4) is 17.2 Å². The second-order valence-electron chi connectivity index (χ2n) is 8.23. The molecule has 1 fully saturated rings. The molecule has 0 unspecified atom stereocenters. The molecule has 0 saturated carbocycles. The van der Waals surface area contributed by atoms with Crippen molar-refractivity contribution in [3.63, 3.8) is 0 Å². The Kier molecular flexibility index (Phi) is 5.55. The van der Waals surface area contributed by atoms with Crippen LogP contribution in [0.2, 0.25) is 5.02 Å². The Balaban J connectivity index is 1.64. The number of ether oxygens (including phenoxy) is 4. The first-order valence-corrected chi connectivity index (χ1v) is 10.3. The van der Waals surface area contributed by atoms with Gasteiger partial charge in [-0.2, -0.15) is 0 Å². The molecule has 0 bridgehead atoms. The van der Waals surface area contributed by atoms with E-state index in [4.69, 9.17) is 30.5 Å². The van der Waals surface area contributed by atoms with Crippen molar-refractivity contribution in [2.75, 3.05) is 13.7 Å². The molecular weight excluding hydrogens is 408 g/mol. The highest BCUT2D eigenvalue weighted by atomic mass is 35.5. The van der Waals surface area contributed by atoms with E-state index in [9.17, 15) is 9.90 Å². The number of carbonyl (C=O) groups is 1. The summed E-state index contributed by atoms with van der Waals surface area (Å²) in [7, 11) is 1.61. The Bertz CT molecular complexity index is 943. The molecule has 160 valence electrons. The summed E-state index contributed by atoms with van der Waals surface area (Å²) >= 11 is 6.18. The Morgan fingerprint density at radius 2 is 2.03 bits per heavy atom. The summed E-state index contributed by atoms with van der Waals surface area (Å²) in [5.74, 6) is 0.167. The average molecular weight is 433 g/mol. The molecule has 7 heteroatoms. The summed E-state index contributed by atoms with van der Waals surface area (Å²) in [6, 6.07) is 12.7. The van der Waals surface area contributed by atoms with E-state index in [2.05, 4.69) is 0 Å². The minimum atomic E-state index is -0.909. The lowest BCUT2D eigenvalue weighted by Gasteiger charge is -2.50. The van der Waals surface area contributed by atoms with E-state index >= 15 is 0 Å². The largest absolute Gasteiger partial charge is 0.497 e. The fourth-order valence-electron chi connectivity index (χ4n) is 4.34. The molecule has 2 heterocycles. The fraction of sp³-hybridized carbons (Fsp3) is 0.435. The molecule has 0 aliphatic carbocycles. The lowest BCUT2D eigenvalue weighted by molar-refractivity contribution is -0.192. The van der Waals surface area contributed by atoms with Gasteiger partial charge in [-0.05, 0) is 50.6 Å². The van der Waals surface area contributed by atoms with Gasteiger partial charge < -0.3 is 24.1 Å². The molecule has 1 saturated heterocycles. The monoisotopic (exact) mass is 432 g/mol. The number of benzene rings is 2. The van der Waals surface area contributed by atoms with Gasteiger partial charge in [0.05, 0.1) is 24.2 Å². The van der Waals surface area contributed by atoms with E-state index in [1.165, 1.54) is 0 Å². The maximum absolute atomic E-state index is 12.1. The highest BCUT2D eigenvalue weighted by Gasteiger charge is 2.52. The number of carboxylic acids is 1. The van der Waals surface area contributed by atoms with Crippen LogP contribution in [0.1, 0.15) is 31.9 Å². The van der Waals surface area contributed by atoms with Crippen LogP contribution in [0.4, 0.5) is 0 Å². The molecule has 0 amide bonds. The summed E-state index contributed by atoms with van der Waals surface area (Å²) in [4.78, 5) is 12.1. The number of carboxylic acid groups (broad SMARTS) is 1. The third-order valence-corrected chi connectivity index (χ3v) is 6.30. The minimum absolute atomic E-state index is 0.0878. The van der Waals surface area contributed by atoms with Crippen molar-refractivity contribution in [1.82, 2.24) is 0 Å². The van der Waals surface area contributed by atoms with E-state index < -0.39 is 23.6 Å². The Hall–Kier alpha value is -2.44. The van der Waals surface area contributed by atoms with Crippen LogP contribution in [0.3, 0.4) is 0 Å². The zero-order valence-corrected chi connectivity index (χ0v) is 17.9. The molecule has 2 aliphatic heterocycles. The predicted molar refractivity (Wildman–Crippen MR) is 111 cm³/mol. The number of aliphatic carboxylic acids is 1. The molecule has 0 spiro atoms. The second-order valence-corrected chi connectivity index (χ2v) is 8.64. The van der Waals surface area contributed by atoms with Crippen molar-refractivity contribution in [2.24, 2.45) is 11.8 Å². The first kappa shape index (κ1) is 20.8. The van der Waals surface area contributed by atoms with Crippen LogP contribution in [-0.2, 0) is 9.53 Å². The zero-order valence-electron chi connectivity index (χ0n) is 17.1. The highest BCUT2D eigenvalue weighted by molar-refractivity contribution is 6.32. The molecule has 2 aliphatic rings. The molecule has 0 radical (unpaired) electrons. The maximum atomic E-state index is 12.1. The molecule has 1 N–H and O–H groups in total. The first-order valence-electron chi connectivity index (χ1n) is 9.92. The number of methoxy groups -OCH3 is 1. The van der Waals surface area contributed by atoms with Crippen LogP contribution in [0.15, 0.2) is 42.5 Å². The van der Waals surface area contributed by atoms with Gasteiger partial charge in [0.1, 0.15) is 35.6 Å². The van der Waals surface area contributed by atoms with Crippen molar-refractivity contribution in [1.29, 1.82) is 0 Å². The van der Waals surface area contributed by atoms with Crippen molar-refractivity contribution < 1.29 is 28.8 Å². The number of hydrogen-bond donors (Lipinski definition) is 1. The number of fused-ring (bicyclic) bond motifs is 3. The SMILES string of the molecule is COc1ccc2c(c1)[C@H]1O[C@@H](COc3ccccc3Cl)[C@@H](C(=O)O)C[C@@H]1C(C)(C)O2. The highest BCUT2D eigenvalue weighted by Crippen LogP contribution is 2.52. The first-order chi connectivity index (χ1) is 14.3. The topological polar surface area (TPSA) is 74.2 Å². The summed E-state index contributed by atoms with van der Waals surface area (Å²) in [5.41, 5.74) is 0.291. The van der Waals surface area contributed by atoms with Crippen LogP contribution in [0.5, 0.6) is 17.2 Å². The Morgan fingerprint density at radius 1 is 1.27 bits per heavy atom. The number of para-hydroxylation sites is 1. The third-order valence-electron chi connectivity index (χ3n) is 5.99. The van der Waals surface area contributed by atoms with Crippen molar-refractivity contribution >= 4 is 17.6 Å². The Labute approximate surface area is 180 Å². The summed E-state index contributed by atoms with van der Waals surface area (Å²) < 4.78 is 23.8. The third kappa shape index (κ3) is 3.82. The molecule has 0 aromatic heterocycles. The lowest BCUT2D eigenvalue weighted by Crippen LogP contribution is -2.53. The van der Waals surface area contributed by atoms with Crippen LogP contribution < -0.4 is 14.2 Å². The lowest BCUT2D eigenvalue weighted by atomic mass is 9.72. The van der Waals surface area contributed by atoms with Crippen LogP contribution in [-0.4, -0.2) is 36.5 Å². The normalized spacial score (nSPS) is 26.7. The van der Waals surface area contributed by atoms with Gasteiger partial charge in [-0.15, -0.1) is 0 Å². The molecule has 2 aromatic rings. The molecule has 2 aromatic carbocycles. The predicted octanol–water partition coefficient (Wildman–Crippen LogP) is 4.75. The van der Waals surface area contributed by atoms with Crippen molar-refractivity contribution in [2.45, 2.75) is 38.1 Å². The van der Waals surface area contributed by atoms with Gasteiger partial charge in [-0.25, -0.2) is 0 Å². The number of rotatable bonds is 5. The number of hydrogen-bond acceptors (Lipinski definition) is 5.